The van der Waals surface area contributed by atoms with Crippen molar-refractivity contribution in [1.29, 1.82) is 0 Å². The number of hydrogen-bond donors (Lipinski definition) is 0. The zero-order valence-electron chi connectivity index (χ0n) is 11.3. The number of hydrogen-bond acceptors (Lipinski definition) is 4. The Morgan fingerprint density at radius 2 is 2.05 bits per heavy atom. The summed E-state index contributed by atoms with van der Waals surface area (Å²) in [6.45, 7) is 0. The fourth-order valence-corrected chi connectivity index (χ4v) is 4.35. The maximum absolute atomic E-state index is 13.9. The van der Waals surface area contributed by atoms with Crippen LogP contribution in [0.1, 0.15) is 31.2 Å². The van der Waals surface area contributed by atoms with Gasteiger partial charge in [0.15, 0.2) is 11.8 Å². The molecule has 1 aromatic rings. The number of rotatable bonds is 1. The van der Waals surface area contributed by atoms with E-state index in [1.54, 1.807) is 36.3 Å². The molecule has 1 unspecified atom stereocenters. The number of nitrogens with zero attached hydrogens (tertiary/aromatic N) is 1. The van der Waals surface area contributed by atoms with E-state index in [9.17, 15) is 9.18 Å². The molecule has 1 aromatic carbocycles. The molecule has 5 heteroatoms. The van der Waals surface area contributed by atoms with Crippen LogP contribution in [0.5, 0.6) is 0 Å². The van der Waals surface area contributed by atoms with Crippen molar-refractivity contribution in [3.63, 3.8) is 0 Å². The molecular weight excluding hydrogens is 289 g/mol. The van der Waals surface area contributed by atoms with Crippen LogP contribution in [0.2, 0.25) is 0 Å². The molecule has 1 atom stereocenters. The van der Waals surface area contributed by atoms with E-state index in [4.69, 9.17) is 4.74 Å². The van der Waals surface area contributed by atoms with Crippen molar-refractivity contribution in [2.24, 2.45) is 0 Å². The number of esters is 1. The summed E-state index contributed by atoms with van der Waals surface area (Å²) in [5.74, 6) is -0.381. The van der Waals surface area contributed by atoms with Gasteiger partial charge in [-0.3, -0.25) is 4.31 Å². The first-order chi connectivity index (χ1) is 10.2. The second-order valence-electron chi connectivity index (χ2n) is 5.40. The first-order valence-electron chi connectivity index (χ1n) is 7.10. The van der Waals surface area contributed by atoms with Gasteiger partial charge < -0.3 is 4.74 Å². The van der Waals surface area contributed by atoms with Crippen molar-refractivity contribution in [2.45, 2.75) is 31.7 Å². The van der Waals surface area contributed by atoms with Gasteiger partial charge in [0, 0.05) is 4.91 Å². The Bertz CT molecular complexity index is 683. The predicted octanol–water partition coefficient (Wildman–Crippen LogP) is 3.84. The zero-order chi connectivity index (χ0) is 14.4. The normalized spacial score (nSPS) is 24.4. The second kappa shape index (κ2) is 4.91. The molecule has 2 aliphatic heterocycles. The number of allylic oxidation sites excluding steroid dienone is 1. The number of carbonyl (C=O) groups excluding carboxylic acids is 1. The summed E-state index contributed by atoms with van der Waals surface area (Å²) in [5.41, 5.74) is 1.52. The minimum atomic E-state index is -0.378. The summed E-state index contributed by atoms with van der Waals surface area (Å²) in [5, 5.41) is 0. The van der Waals surface area contributed by atoms with E-state index in [0.29, 0.717) is 11.3 Å². The van der Waals surface area contributed by atoms with E-state index >= 15 is 0 Å². The van der Waals surface area contributed by atoms with Crippen molar-refractivity contribution in [1.82, 2.24) is 4.31 Å². The lowest BCUT2D eigenvalue weighted by molar-refractivity contribution is -0.140. The molecule has 0 spiro atoms. The number of ether oxygens (including phenoxy) is 1. The molecule has 108 valence electrons. The van der Waals surface area contributed by atoms with Gasteiger partial charge in [-0.2, -0.15) is 0 Å². The third-order valence-corrected chi connectivity index (χ3v) is 5.29. The van der Waals surface area contributed by atoms with Crippen molar-refractivity contribution < 1.29 is 13.9 Å². The Hall–Kier alpha value is -1.75. The number of halogens is 1. The molecule has 2 heterocycles. The van der Waals surface area contributed by atoms with Crippen LogP contribution in [-0.4, -0.2) is 16.3 Å². The molecule has 1 aliphatic carbocycles. The maximum atomic E-state index is 13.9. The molecule has 0 saturated heterocycles. The van der Waals surface area contributed by atoms with E-state index < -0.39 is 0 Å². The molecule has 3 aliphatic rings. The van der Waals surface area contributed by atoms with Gasteiger partial charge in [-0.1, -0.05) is 12.1 Å². The Morgan fingerprint density at radius 1 is 1.24 bits per heavy atom. The van der Waals surface area contributed by atoms with Gasteiger partial charge in [-0.15, -0.1) is 0 Å². The van der Waals surface area contributed by atoms with Crippen LogP contribution in [0.15, 0.2) is 40.9 Å². The minimum Gasteiger partial charge on any atom is -0.422 e. The van der Waals surface area contributed by atoms with Crippen LogP contribution in [-0.2, 0) is 9.53 Å². The summed E-state index contributed by atoms with van der Waals surface area (Å²) in [7, 11) is 0. The highest BCUT2D eigenvalue weighted by atomic mass is 32.2. The standard InChI is InChI=1S/C16H14FNO2S/c17-12-7-3-1-5-10(12)13-9-18-15(16(19)20-13)11-6-2-4-8-14(11)21-18/h1,3,5,7,9,15H,2,4,6,8H2. The molecule has 0 amide bonds. The lowest BCUT2D eigenvalue weighted by atomic mass is 9.93. The molecule has 0 bridgehead atoms. The number of fused-ring (bicyclic) bond motifs is 2. The summed E-state index contributed by atoms with van der Waals surface area (Å²) in [4.78, 5) is 13.6. The lowest BCUT2D eigenvalue weighted by Crippen LogP contribution is -2.37. The van der Waals surface area contributed by atoms with E-state index in [1.165, 1.54) is 23.0 Å². The van der Waals surface area contributed by atoms with Crippen molar-refractivity contribution >= 4 is 23.7 Å². The van der Waals surface area contributed by atoms with E-state index in [1.807, 2.05) is 4.31 Å². The molecule has 21 heavy (non-hydrogen) atoms. The summed E-state index contributed by atoms with van der Waals surface area (Å²) in [6, 6.07) is 6.04. The van der Waals surface area contributed by atoms with Gasteiger partial charge in [0.25, 0.3) is 0 Å². The van der Waals surface area contributed by atoms with Crippen LogP contribution < -0.4 is 0 Å². The Balaban J connectivity index is 1.71. The average molecular weight is 303 g/mol. The maximum Gasteiger partial charge on any atom is 0.339 e. The van der Waals surface area contributed by atoms with E-state index in [-0.39, 0.29) is 17.8 Å². The fraction of sp³-hybridized carbons (Fsp3) is 0.312. The first kappa shape index (κ1) is 13.0. The summed E-state index contributed by atoms with van der Waals surface area (Å²) in [6.07, 6.45) is 6.05. The van der Waals surface area contributed by atoms with Crippen molar-refractivity contribution in [3.05, 3.63) is 52.3 Å². The topological polar surface area (TPSA) is 29.5 Å². The van der Waals surface area contributed by atoms with Crippen LogP contribution in [0.4, 0.5) is 4.39 Å². The van der Waals surface area contributed by atoms with Gasteiger partial charge in [0.1, 0.15) is 5.82 Å². The van der Waals surface area contributed by atoms with Gasteiger partial charge in [0.05, 0.1) is 11.8 Å². The summed E-state index contributed by atoms with van der Waals surface area (Å²) >= 11 is 1.60. The highest BCUT2D eigenvalue weighted by Gasteiger charge is 2.42. The molecule has 0 fully saturated rings. The Morgan fingerprint density at radius 3 is 2.90 bits per heavy atom. The van der Waals surface area contributed by atoms with Crippen molar-refractivity contribution in [3.8, 4) is 0 Å². The lowest BCUT2D eigenvalue weighted by Gasteiger charge is -2.28. The quantitative estimate of drug-likeness (QED) is 0.582. The summed E-state index contributed by atoms with van der Waals surface area (Å²) < 4.78 is 21.2. The predicted molar refractivity (Wildman–Crippen MR) is 79.2 cm³/mol. The molecule has 0 aromatic heterocycles. The van der Waals surface area contributed by atoms with Gasteiger partial charge >= 0.3 is 5.97 Å². The minimum absolute atomic E-state index is 0.293. The molecule has 0 N–H and O–H groups in total. The number of cyclic esters (lactones) is 1. The van der Waals surface area contributed by atoms with Crippen LogP contribution >= 0.6 is 11.9 Å². The highest BCUT2D eigenvalue weighted by molar-refractivity contribution is 8.01. The monoisotopic (exact) mass is 303 g/mol. The number of carbonyl (C=O) groups is 1. The van der Waals surface area contributed by atoms with E-state index in [0.717, 1.165) is 19.3 Å². The first-order valence-corrected chi connectivity index (χ1v) is 7.88. The van der Waals surface area contributed by atoms with Crippen molar-refractivity contribution in [2.75, 3.05) is 0 Å². The second-order valence-corrected chi connectivity index (χ2v) is 6.50. The van der Waals surface area contributed by atoms with Gasteiger partial charge in [-0.25, -0.2) is 9.18 Å². The molecule has 4 rings (SSSR count). The smallest absolute Gasteiger partial charge is 0.339 e. The average Bonchev–Trinajstić information content (AvgIpc) is 2.86. The SMILES string of the molecule is O=C1OC(c2ccccc2F)=CN2SC3=C(CCCC3)C12. The highest BCUT2D eigenvalue weighted by Crippen LogP contribution is 2.48. The fourth-order valence-electron chi connectivity index (χ4n) is 3.07. The van der Waals surface area contributed by atoms with Crippen LogP contribution in [0.25, 0.3) is 5.76 Å². The van der Waals surface area contributed by atoms with E-state index in [2.05, 4.69) is 0 Å². The van der Waals surface area contributed by atoms with Crippen LogP contribution in [0, 0.1) is 5.82 Å². The van der Waals surface area contributed by atoms with Crippen LogP contribution in [0.3, 0.4) is 0 Å². The zero-order valence-corrected chi connectivity index (χ0v) is 12.2. The largest absolute Gasteiger partial charge is 0.422 e. The van der Waals surface area contributed by atoms with Gasteiger partial charge in [-0.05, 0) is 55.3 Å². The molecule has 3 nitrogen and oxygen atoms in total. The Labute approximate surface area is 126 Å². The Kier molecular flexibility index (Phi) is 3.03. The molecule has 0 radical (unpaired) electrons. The third-order valence-electron chi connectivity index (χ3n) is 4.08. The number of benzene rings is 1. The third kappa shape index (κ3) is 2.07. The molecular formula is C16H14FNO2S. The molecule has 0 saturated carbocycles. The van der Waals surface area contributed by atoms with Gasteiger partial charge in [0.2, 0.25) is 0 Å².